The van der Waals surface area contributed by atoms with Crippen LogP contribution in [0.4, 0.5) is 4.39 Å². The summed E-state index contributed by atoms with van der Waals surface area (Å²) in [4.78, 5) is 29.0. The van der Waals surface area contributed by atoms with Crippen LogP contribution in [0.5, 0.6) is 5.88 Å². The number of nitrogens with zero attached hydrogens (tertiary/aromatic N) is 3. The lowest BCUT2D eigenvalue weighted by atomic mass is 9.97. The number of rotatable bonds is 10. The number of aromatic hydroxyl groups is 1. The van der Waals surface area contributed by atoms with Crippen LogP contribution in [0.2, 0.25) is 0 Å². The van der Waals surface area contributed by atoms with E-state index in [1.807, 2.05) is 6.07 Å². The average Bonchev–Trinajstić information content (AvgIpc) is 3.91. The van der Waals surface area contributed by atoms with Crippen molar-refractivity contribution in [1.29, 1.82) is 5.26 Å². The fourth-order valence-electron chi connectivity index (χ4n) is 5.74. The van der Waals surface area contributed by atoms with Crippen LogP contribution in [-0.2, 0) is 27.5 Å². The predicted octanol–water partition coefficient (Wildman–Crippen LogP) is 4.44. The summed E-state index contributed by atoms with van der Waals surface area (Å²) in [6.45, 7) is 0. The maximum atomic E-state index is 14.2. The maximum Gasteiger partial charge on any atom is 0.277 e. The van der Waals surface area contributed by atoms with E-state index >= 15 is 0 Å². The van der Waals surface area contributed by atoms with Crippen molar-refractivity contribution in [3.05, 3.63) is 105 Å². The Labute approximate surface area is 253 Å². The first kappa shape index (κ1) is 29.3. The number of carbonyl (C=O) groups is 1. The van der Waals surface area contributed by atoms with E-state index in [-0.39, 0.29) is 17.2 Å². The van der Waals surface area contributed by atoms with Gasteiger partial charge in [-0.2, -0.15) is 10.2 Å². The summed E-state index contributed by atoms with van der Waals surface area (Å²) in [6.07, 6.45) is 3.76. The molecule has 0 aliphatic heterocycles. The summed E-state index contributed by atoms with van der Waals surface area (Å²) in [5, 5.41) is 20.5. The van der Waals surface area contributed by atoms with Gasteiger partial charge in [0.05, 0.1) is 29.0 Å². The lowest BCUT2D eigenvalue weighted by Crippen LogP contribution is -2.34. The highest BCUT2D eigenvalue weighted by Gasteiger charge is 2.39. The fourth-order valence-corrected chi connectivity index (χ4v) is 7.09. The number of aromatic nitrogens is 2. The smallest absolute Gasteiger partial charge is 0.277 e. The van der Waals surface area contributed by atoms with Crippen molar-refractivity contribution in [2.75, 3.05) is 0 Å². The van der Waals surface area contributed by atoms with Crippen LogP contribution >= 0.6 is 0 Å². The third kappa shape index (κ3) is 5.73. The van der Waals surface area contributed by atoms with Gasteiger partial charge < -0.3 is 10.8 Å². The molecular formula is C33H29FN4O5S. The van der Waals surface area contributed by atoms with Crippen LogP contribution in [0, 0.1) is 29.0 Å². The third-order valence-electron chi connectivity index (χ3n) is 8.18. The highest BCUT2D eigenvalue weighted by molar-refractivity contribution is 7.91. The fraction of sp³-hybridized carbons (Fsp3) is 0.273. The Hall–Kier alpha value is -4.82. The lowest BCUT2D eigenvalue weighted by Gasteiger charge is -2.24. The molecule has 0 saturated heterocycles. The van der Waals surface area contributed by atoms with Crippen LogP contribution < -0.4 is 11.3 Å². The van der Waals surface area contributed by atoms with Crippen molar-refractivity contribution in [1.82, 2.24) is 9.55 Å². The summed E-state index contributed by atoms with van der Waals surface area (Å²) >= 11 is 0. The molecular weight excluding hydrogens is 583 g/mol. The molecule has 4 aromatic rings. The van der Waals surface area contributed by atoms with Gasteiger partial charge in [0, 0.05) is 6.42 Å². The van der Waals surface area contributed by atoms with Gasteiger partial charge in [0.25, 0.3) is 5.56 Å². The van der Waals surface area contributed by atoms with Crippen molar-refractivity contribution in [3.8, 4) is 23.1 Å². The minimum absolute atomic E-state index is 0.0473. The van der Waals surface area contributed by atoms with E-state index in [9.17, 15) is 32.8 Å². The first-order valence-corrected chi connectivity index (χ1v) is 15.8. The van der Waals surface area contributed by atoms with Gasteiger partial charge in [-0.05, 0) is 96.2 Å². The molecule has 0 spiro atoms. The van der Waals surface area contributed by atoms with Crippen molar-refractivity contribution in [3.63, 3.8) is 0 Å². The quantitative estimate of drug-likeness (QED) is 0.268. The second kappa shape index (κ2) is 11.4. The lowest BCUT2D eigenvalue weighted by molar-refractivity contribution is -0.117. The van der Waals surface area contributed by atoms with Gasteiger partial charge in [0.1, 0.15) is 11.6 Å². The number of halogens is 1. The van der Waals surface area contributed by atoms with Crippen molar-refractivity contribution in [2.45, 2.75) is 54.4 Å². The Bertz CT molecular complexity index is 1990. The minimum Gasteiger partial charge on any atom is -0.492 e. The molecule has 3 N–H and O–H groups in total. The van der Waals surface area contributed by atoms with Crippen molar-refractivity contribution < 1.29 is 22.7 Å². The minimum atomic E-state index is -4.55. The molecule has 224 valence electrons. The van der Waals surface area contributed by atoms with E-state index in [1.54, 1.807) is 18.2 Å². The zero-order valence-corrected chi connectivity index (χ0v) is 24.4. The zero-order chi connectivity index (χ0) is 31.2. The van der Waals surface area contributed by atoms with Gasteiger partial charge >= 0.3 is 0 Å². The van der Waals surface area contributed by atoms with Crippen molar-refractivity contribution in [2.24, 2.45) is 17.6 Å². The number of nitriles is 1. The van der Waals surface area contributed by atoms with Crippen LogP contribution in [-0.4, -0.2) is 29.0 Å². The zero-order valence-electron chi connectivity index (χ0n) is 23.6. The topological polar surface area (TPSA) is 156 Å². The molecule has 1 atom stereocenters. The summed E-state index contributed by atoms with van der Waals surface area (Å²) in [5.41, 5.74) is 6.94. The van der Waals surface area contributed by atoms with Gasteiger partial charge in [-0.3, -0.25) is 14.2 Å². The van der Waals surface area contributed by atoms with E-state index in [0.717, 1.165) is 25.7 Å². The van der Waals surface area contributed by atoms with Crippen LogP contribution in [0.3, 0.4) is 0 Å². The predicted molar refractivity (Wildman–Crippen MR) is 159 cm³/mol. The summed E-state index contributed by atoms with van der Waals surface area (Å²) in [6, 6.07) is 17.9. The van der Waals surface area contributed by atoms with Gasteiger partial charge in [-0.15, -0.1) is 0 Å². The van der Waals surface area contributed by atoms with Crippen LogP contribution in [0.15, 0.2) is 81.3 Å². The number of carbonyl (C=O) groups excluding carboxylic acids is 1. The van der Waals surface area contributed by atoms with E-state index in [0.29, 0.717) is 46.0 Å². The summed E-state index contributed by atoms with van der Waals surface area (Å²) in [7, 11) is -4.55. The SMILES string of the molecule is N#Cc1cccc([C@H](C2CC2)n2c(CC3CC3)nc(O)c(S(=O)(=O)c3ccc(-c4ccc(F)cc4CC(N)=O)cc3)c2=O)c1. The highest BCUT2D eigenvalue weighted by Crippen LogP contribution is 2.45. The Morgan fingerprint density at radius 1 is 1.09 bits per heavy atom. The molecule has 3 aromatic carbocycles. The number of amides is 1. The third-order valence-corrected chi connectivity index (χ3v) is 9.97. The Balaban J connectivity index is 1.46. The standard InChI is InChI=1S/C33H29FN4O5S/c34-25-10-13-27(24(16-25)17-28(36)39)21-8-11-26(12-9-21)44(42,43)31-32(40)37-29(15-19-4-5-19)38(33(31)41)30(22-6-7-22)23-3-1-2-20(14-23)18-35/h1-3,8-14,16,19,22,30,40H,4-7,15,17H2,(H2,36,39)/t30-/m0/s1. The van der Waals surface area contributed by atoms with Gasteiger partial charge in [-0.1, -0.05) is 30.3 Å². The number of primary amides is 1. The molecule has 2 aliphatic rings. The molecule has 0 radical (unpaired) electrons. The molecule has 0 unspecified atom stereocenters. The molecule has 0 bridgehead atoms. The Morgan fingerprint density at radius 3 is 2.45 bits per heavy atom. The number of benzene rings is 3. The monoisotopic (exact) mass is 612 g/mol. The molecule has 1 heterocycles. The van der Waals surface area contributed by atoms with Crippen LogP contribution in [0.25, 0.3) is 11.1 Å². The second-order valence-electron chi connectivity index (χ2n) is 11.5. The molecule has 11 heteroatoms. The second-order valence-corrected chi connectivity index (χ2v) is 13.4. The van der Waals surface area contributed by atoms with E-state index in [2.05, 4.69) is 11.1 Å². The largest absolute Gasteiger partial charge is 0.492 e. The average molecular weight is 613 g/mol. The van der Waals surface area contributed by atoms with Gasteiger partial charge in [0.2, 0.25) is 21.6 Å². The molecule has 2 saturated carbocycles. The normalized spacial score (nSPS) is 15.5. The van der Waals surface area contributed by atoms with E-state index in [1.165, 1.54) is 47.0 Å². The number of sulfone groups is 1. The van der Waals surface area contributed by atoms with Gasteiger partial charge in [0.15, 0.2) is 4.90 Å². The highest BCUT2D eigenvalue weighted by atomic mass is 32.2. The van der Waals surface area contributed by atoms with E-state index in [4.69, 9.17) is 5.73 Å². The molecule has 6 rings (SSSR count). The summed E-state index contributed by atoms with van der Waals surface area (Å²) in [5.74, 6) is -1.39. The number of hydrogen-bond donors (Lipinski definition) is 2. The van der Waals surface area contributed by atoms with Gasteiger partial charge in [-0.25, -0.2) is 12.8 Å². The van der Waals surface area contributed by atoms with Crippen LogP contribution in [0.1, 0.15) is 54.2 Å². The first-order chi connectivity index (χ1) is 21.1. The van der Waals surface area contributed by atoms with E-state index < -0.39 is 43.9 Å². The molecule has 44 heavy (non-hydrogen) atoms. The number of nitrogens with two attached hydrogens (primary N) is 1. The Morgan fingerprint density at radius 2 is 1.82 bits per heavy atom. The molecule has 1 amide bonds. The molecule has 9 nitrogen and oxygen atoms in total. The molecule has 1 aromatic heterocycles. The summed E-state index contributed by atoms with van der Waals surface area (Å²) < 4.78 is 43.2. The number of hydrogen-bond acceptors (Lipinski definition) is 7. The van der Waals surface area contributed by atoms with Crippen molar-refractivity contribution >= 4 is 15.7 Å². The first-order valence-electron chi connectivity index (χ1n) is 14.3. The maximum absolute atomic E-state index is 14.2. The molecule has 2 aliphatic carbocycles. The molecule has 2 fully saturated rings. The Kier molecular flexibility index (Phi) is 7.55.